The number of furan rings is 1. The molecular weight excluding hydrogens is 232 g/mol. The van der Waals surface area contributed by atoms with Gasteiger partial charge in [-0.25, -0.2) is 0 Å². The molecule has 1 N–H and O–H groups in total. The average molecular weight is 252 g/mol. The highest BCUT2D eigenvalue weighted by Crippen LogP contribution is 2.07. The molecule has 100 valence electrons. The fourth-order valence-corrected chi connectivity index (χ4v) is 1.73. The molecule has 5 heteroatoms. The van der Waals surface area contributed by atoms with E-state index >= 15 is 0 Å². The van der Waals surface area contributed by atoms with E-state index in [2.05, 4.69) is 5.32 Å². The zero-order chi connectivity index (χ0) is 13.5. The third-order valence-electron chi connectivity index (χ3n) is 2.84. The number of carbonyl (C=O) groups is 2. The standard InChI is InChI=1S/C13H20N2O3/c1-4-15(5-2)12(16)6-8-14-13(17)11-7-9-18-10(11)3/h7,9H,4-6,8H2,1-3H3,(H,14,17). The first kappa shape index (κ1) is 14.3. The molecule has 0 unspecified atom stereocenters. The summed E-state index contributed by atoms with van der Waals surface area (Å²) in [6.45, 7) is 7.35. The van der Waals surface area contributed by atoms with Gasteiger partial charge >= 0.3 is 0 Å². The molecule has 5 nitrogen and oxygen atoms in total. The van der Waals surface area contributed by atoms with Crippen LogP contribution in [0.1, 0.15) is 36.4 Å². The Morgan fingerprint density at radius 2 is 2.00 bits per heavy atom. The maximum atomic E-state index is 11.7. The summed E-state index contributed by atoms with van der Waals surface area (Å²) in [5, 5.41) is 2.71. The SMILES string of the molecule is CCN(CC)C(=O)CCNC(=O)c1ccoc1C. The third-order valence-corrected chi connectivity index (χ3v) is 2.84. The molecule has 0 fully saturated rings. The van der Waals surface area contributed by atoms with E-state index in [1.807, 2.05) is 13.8 Å². The smallest absolute Gasteiger partial charge is 0.254 e. The highest BCUT2D eigenvalue weighted by Gasteiger charge is 2.13. The third kappa shape index (κ3) is 3.61. The Labute approximate surface area is 107 Å². The lowest BCUT2D eigenvalue weighted by Crippen LogP contribution is -2.34. The fraction of sp³-hybridized carbons (Fsp3) is 0.538. The number of carbonyl (C=O) groups excluding carboxylic acids is 2. The molecule has 0 saturated carbocycles. The lowest BCUT2D eigenvalue weighted by Gasteiger charge is -2.18. The molecule has 1 rings (SSSR count). The van der Waals surface area contributed by atoms with E-state index in [-0.39, 0.29) is 11.8 Å². The van der Waals surface area contributed by atoms with Gasteiger partial charge < -0.3 is 14.6 Å². The predicted octanol–water partition coefficient (Wildman–Crippen LogP) is 1.58. The van der Waals surface area contributed by atoms with Crippen molar-refractivity contribution >= 4 is 11.8 Å². The summed E-state index contributed by atoms with van der Waals surface area (Å²) >= 11 is 0. The molecule has 1 heterocycles. The monoisotopic (exact) mass is 252 g/mol. The molecular formula is C13H20N2O3. The molecule has 0 aromatic carbocycles. The summed E-state index contributed by atoms with van der Waals surface area (Å²) in [7, 11) is 0. The number of rotatable bonds is 6. The van der Waals surface area contributed by atoms with Gasteiger partial charge in [0, 0.05) is 26.1 Å². The Morgan fingerprint density at radius 1 is 1.33 bits per heavy atom. The van der Waals surface area contributed by atoms with Gasteiger partial charge in [-0.15, -0.1) is 0 Å². The fourth-order valence-electron chi connectivity index (χ4n) is 1.73. The van der Waals surface area contributed by atoms with Crippen molar-refractivity contribution in [2.45, 2.75) is 27.2 Å². The molecule has 0 atom stereocenters. The van der Waals surface area contributed by atoms with E-state index in [0.29, 0.717) is 37.4 Å². The molecule has 0 spiro atoms. The van der Waals surface area contributed by atoms with Gasteiger partial charge in [0.1, 0.15) is 5.76 Å². The molecule has 0 aliphatic carbocycles. The molecule has 2 amide bonds. The van der Waals surface area contributed by atoms with Crippen LogP contribution in [0.5, 0.6) is 0 Å². The summed E-state index contributed by atoms with van der Waals surface area (Å²) in [5.41, 5.74) is 0.519. The second-order valence-corrected chi connectivity index (χ2v) is 3.96. The van der Waals surface area contributed by atoms with Crippen molar-refractivity contribution in [3.63, 3.8) is 0 Å². The van der Waals surface area contributed by atoms with Gasteiger partial charge in [0.2, 0.25) is 5.91 Å². The zero-order valence-electron chi connectivity index (χ0n) is 11.2. The maximum absolute atomic E-state index is 11.7. The van der Waals surface area contributed by atoms with Gasteiger partial charge in [0.05, 0.1) is 11.8 Å². The molecule has 0 aliphatic rings. The quantitative estimate of drug-likeness (QED) is 0.836. The minimum atomic E-state index is -0.200. The Hall–Kier alpha value is -1.78. The Morgan fingerprint density at radius 3 is 2.50 bits per heavy atom. The Balaban J connectivity index is 2.36. The lowest BCUT2D eigenvalue weighted by molar-refractivity contribution is -0.130. The molecule has 1 aromatic heterocycles. The summed E-state index contributed by atoms with van der Waals surface area (Å²) in [4.78, 5) is 25.2. The van der Waals surface area contributed by atoms with Crippen molar-refractivity contribution in [3.8, 4) is 0 Å². The van der Waals surface area contributed by atoms with Gasteiger partial charge in [-0.2, -0.15) is 0 Å². The van der Waals surface area contributed by atoms with E-state index in [1.165, 1.54) is 6.26 Å². The van der Waals surface area contributed by atoms with Gasteiger partial charge in [-0.1, -0.05) is 0 Å². The van der Waals surface area contributed by atoms with Crippen LogP contribution in [0.2, 0.25) is 0 Å². The Bertz CT molecular complexity index is 408. The molecule has 1 aromatic rings. The number of nitrogens with one attached hydrogen (secondary N) is 1. The molecule has 0 radical (unpaired) electrons. The van der Waals surface area contributed by atoms with Crippen molar-refractivity contribution in [1.82, 2.24) is 10.2 Å². The van der Waals surface area contributed by atoms with E-state index < -0.39 is 0 Å². The van der Waals surface area contributed by atoms with Crippen LogP contribution >= 0.6 is 0 Å². The van der Waals surface area contributed by atoms with Crippen LogP contribution in [-0.2, 0) is 4.79 Å². The minimum Gasteiger partial charge on any atom is -0.469 e. The van der Waals surface area contributed by atoms with E-state index in [9.17, 15) is 9.59 Å². The van der Waals surface area contributed by atoms with E-state index in [1.54, 1.807) is 17.9 Å². The number of aryl methyl sites for hydroxylation is 1. The van der Waals surface area contributed by atoms with Crippen LogP contribution < -0.4 is 5.32 Å². The summed E-state index contributed by atoms with van der Waals surface area (Å²) in [5.74, 6) is 0.445. The van der Waals surface area contributed by atoms with Crippen molar-refractivity contribution in [1.29, 1.82) is 0 Å². The maximum Gasteiger partial charge on any atom is 0.254 e. The van der Waals surface area contributed by atoms with E-state index in [4.69, 9.17) is 4.42 Å². The first-order chi connectivity index (χ1) is 8.60. The van der Waals surface area contributed by atoms with Gasteiger partial charge in [0.15, 0.2) is 0 Å². The second-order valence-electron chi connectivity index (χ2n) is 3.96. The number of hydrogen-bond donors (Lipinski definition) is 1. The average Bonchev–Trinajstić information content (AvgIpc) is 2.77. The summed E-state index contributed by atoms with van der Waals surface area (Å²) < 4.78 is 5.05. The zero-order valence-corrected chi connectivity index (χ0v) is 11.2. The molecule has 18 heavy (non-hydrogen) atoms. The molecule has 0 aliphatic heterocycles. The first-order valence-corrected chi connectivity index (χ1v) is 6.20. The van der Waals surface area contributed by atoms with Crippen molar-refractivity contribution < 1.29 is 14.0 Å². The number of hydrogen-bond acceptors (Lipinski definition) is 3. The van der Waals surface area contributed by atoms with Crippen molar-refractivity contribution in [3.05, 3.63) is 23.7 Å². The predicted molar refractivity (Wildman–Crippen MR) is 68.3 cm³/mol. The van der Waals surface area contributed by atoms with Crippen LogP contribution in [0.15, 0.2) is 16.7 Å². The van der Waals surface area contributed by atoms with Crippen LogP contribution in [0.4, 0.5) is 0 Å². The van der Waals surface area contributed by atoms with Gasteiger partial charge in [-0.3, -0.25) is 9.59 Å². The van der Waals surface area contributed by atoms with Crippen LogP contribution in [0, 0.1) is 6.92 Å². The van der Waals surface area contributed by atoms with Crippen LogP contribution in [0.3, 0.4) is 0 Å². The molecule has 0 saturated heterocycles. The number of nitrogens with zero attached hydrogens (tertiary/aromatic N) is 1. The second kappa shape index (κ2) is 6.83. The number of amides is 2. The highest BCUT2D eigenvalue weighted by atomic mass is 16.3. The van der Waals surface area contributed by atoms with Crippen LogP contribution in [-0.4, -0.2) is 36.3 Å². The lowest BCUT2D eigenvalue weighted by atomic mass is 10.2. The summed E-state index contributed by atoms with van der Waals surface area (Å²) in [6, 6.07) is 1.62. The Kier molecular flexibility index (Phi) is 5.42. The highest BCUT2D eigenvalue weighted by molar-refractivity contribution is 5.95. The largest absolute Gasteiger partial charge is 0.469 e. The normalized spacial score (nSPS) is 10.2. The van der Waals surface area contributed by atoms with Gasteiger partial charge in [0.25, 0.3) is 5.91 Å². The van der Waals surface area contributed by atoms with Crippen LogP contribution in [0.25, 0.3) is 0 Å². The summed E-state index contributed by atoms with van der Waals surface area (Å²) in [6.07, 6.45) is 1.80. The molecule has 0 bridgehead atoms. The topological polar surface area (TPSA) is 62.6 Å². The van der Waals surface area contributed by atoms with Crippen molar-refractivity contribution in [2.24, 2.45) is 0 Å². The first-order valence-electron chi connectivity index (χ1n) is 6.20. The van der Waals surface area contributed by atoms with E-state index in [0.717, 1.165) is 0 Å². The van der Waals surface area contributed by atoms with Gasteiger partial charge in [-0.05, 0) is 26.8 Å². The van der Waals surface area contributed by atoms with Crippen molar-refractivity contribution in [2.75, 3.05) is 19.6 Å². The minimum absolute atomic E-state index is 0.0595.